The number of benzene rings is 1. The zero-order valence-corrected chi connectivity index (χ0v) is 9.34. The normalized spacial score (nSPS) is 10.7. The average Bonchev–Trinajstić information content (AvgIpc) is 2.18. The van der Waals surface area contributed by atoms with Crippen LogP contribution in [0.5, 0.6) is 0 Å². The molecule has 5 heteroatoms. The number of rotatable bonds is 5. The lowest BCUT2D eigenvalue weighted by atomic mass is 10.3. The Morgan fingerprint density at radius 1 is 1.27 bits per heavy atom. The maximum atomic E-state index is 11.4. The van der Waals surface area contributed by atoms with E-state index < -0.39 is 10.0 Å². The monoisotopic (exact) mass is 226 g/mol. The fourth-order valence-corrected chi connectivity index (χ4v) is 1.97. The minimum atomic E-state index is -3.29. The zero-order chi connectivity index (χ0) is 11.3. The van der Waals surface area contributed by atoms with Crippen molar-refractivity contribution >= 4 is 21.4 Å². The molecule has 0 aliphatic heterocycles. The molecule has 0 bridgehead atoms. The highest BCUT2D eigenvalue weighted by Gasteiger charge is 2.06. The number of hydrogen-bond donors (Lipinski definition) is 2. The van der Waals surface area contributed by atoms with Crippen LogP contribution in [0.25, 0.3) is 0 Å². The first-order chi connectivity index (χ1) is 7.07. The van der Waals surface area contributed by atoms with E-state index in [1.807, 2.05) is 0 Å². The van der Waals surface area contributed by atoms with Crippen LogP contribution in [0.4, 0.5) is 11.4 Å². The second-order valence-corrected chi connectivity index (χ2v) is 4.77. The first kappa shape index (κ1) is 11.6. The van der Waals surface area contributed by atoms with Crippen LogP contribution in [-0.4, -0.2) is 21.2 Å². The van der Waals surface area contributed by atoms with Gasteiger partial charge in [0, 0.05) is 18.4 Å². The summed E-state index contributed by atoms with van der Waals surface area (Å²) >= 11 is 0. The highest BCUT2D eigenvalue weighted by Crippen LogP contribution is 2.14. The first-order valence-electron chi connectivity index (χ1n) is 4.46. The molecule has 0 unspecified atom stereocenters. The van der Waals surface area contributed by atoms with Crippen LogP contribution in [0, 0.1) is 0 Å². The van der Waals surface area contributed by atoms with Crippen LogP contribution in [0.15, 0.2) is 36.9 Å². The van der Waals surface area contributed by atoms with Gasteiger partial charge in [0.25, 0.3) is 0 Å². The zero-order valence-electron chi connectivity index (χ0n) is 8.53. The highest BCUT2D eigenvalue weighted by molar-refractivity contribution is 7.92. The lowest BCUT2D eigenvalue weighted by Crippen LogP contribution is -2.15. The number of sulfonamides is 1. The third-order valence-corrected chi connectivity index (χ3v) is 3.01. The molecule has 0 radical (unpaired) electrons. The molecule has 0 aromatic heterocycles. The second kappa shape index (κ2) is 4.84. The van der Waals surface area contributed by atoms with Crippen molar-refractivity contribution in [2.45, 2.75) is 0 Å². The SMILES string of the molecule is C=CCS(=O)(=O)Nc1ccc(NC)cc1. The van der Waals surface area contributed by atoms with E-state index in [4.69, 9.17) is 0 Å². The van der Waals surface area contributed by atoms with Gasteiger partial charge in [0.1, 0.15) is 0 Å². The van der Waals surface area contributed by atoms with Gasteiger partial charge >= 0.3 is 0 Å². The standard InChI is InChI=1S/C10H14N2O2S/c1-3-8-15(13,14)12-10-6-4-9(11-2)5-7-10/h3-7,11-12H,1,8H2,2H3. The molecule has 1 aromatic rings. The predicted molar refractivity (Wildman–Crippen MR) is 63.6 cm³/mol. The maximum absolute atomic E-state index is 11.4. The van der Waals surface area contributed by atoms with Gasteiger partial charge in [0.05, 0.1) is 5.75 Å². The van der Waals surface area contributed by atoms with Gasteiger partial charge < -0.3 is 5.32 Å². The van der Waals surface area contributed by atoms with E-state index in [0.717, 1.165) is 5.69 Å². The molecule has 0 atom stereocenters. The van der Waals surface area contributed by atoms with Crippen molar-refractivity contribution in [3.63, 3.8) is 0 Å². The Morgan fingerprint density at radius 2 is 1.80 bits per heavy atom. The van der Waals surface area contributed by atoms with Crippen LogP contribution in [0.3, 0.4) is 0 Å². The number of nitrogens with one attached hydrogen (secondary N) is 2. The molecule has 0 amide bonds. The minimum Gasteiger partial charge on any atom is -0.388 e. The van der Waals surface area contributed by atoms with Crippen molar-refractivity contribution in [1.82, 2.24) is 0 Å². The molecule has 0 saturated carbocycles. The first-order valence-corrected chi connectivity index (χ1v) is 6.12. The average molecular weight is 226 g/mol. The molecule has 0 saturated heterocycles. The molecule has 1 rings (SSSR count). The van der Waals surface area contributed by atoms with Gasteiger partial charge in [-0.05, 0) is 24.3 Å². The Morgan fingerprint density at radius 3 is 2.27 bits per heavy atom. The van der Waals surface area contributed by atoms with Crippen molar-refractivity contribution in [3.05, 3.63) is 36.9 Å². The minimum absolute atomic E-state index is 0.0826. The van der Waals surface area contributed by atoms with Gasteiger partial charge in [-0.1, -0.05) is 6.08 Å². The summed E-state index contributed by atoms with van der Waals surface area (Å²) in [6, 6.07) is 7.00. The van der Waals surface area contributed by atoms with Crippen molar-refractivity contribution < 1.29 is 8.42 Å². The maximum Gasteiger partial charge on any atom is 0.236 e. The predicted octanol–water partition coefficient (Wildman–Crippen LogP) is 1.66. The Kier molecular flexibility index (Phi) is 3.74. The van der Waals surface area contributed by atoms with E-state index in [0.29, 0.717) is 5.69 Å². The summed E-state index contributed by atoms with van der Waals surface area (Å²) in [5, 5.41) is 2.95. The van der Waals surface area contributed by atoms with Crippen LogP contribution >= 0.6 is 0 Å². The van der Waals surface area contributed by atoms with Gasteiger partial charge in [0.15, 0.2) is 0 Å². The van der Waals surface area contributed by atoms with E-state index in [-0.39, 0.29) is 5.75 Å². The van der Waals surface area contributed by atoms with E-state index >= 15 is 0 Å². The summed E-state index contributed by atoms with van der Waals surface area (Å²) in [7, 11) is -1.49. The summed E-state index contributed by atoms with van der Waals surface area (Å²) < 4.78 is 25.2. The van der Waals surface area contributed by atoms with E-state index in [1.54, 1.807) is 31.3 Å². The summed E-state index contributed by atoms with van der Waals surface area (Å²) in [5.41, 5.74) is 1.48. The van der Waals surface area contributed by atoms with Crippen molar-refractivity contribution in [1.29, 1.82) is 0 Å². The summed E-state index contributed by atoms with van der Waals surface area (Å²) in [6.45, 7) is 3.39. The highest BCUT2D eigenvalue weighted by atomic mass is 32.2. The van der Waals surface area contributed by atoms with Gasteiger partial charge in [-0.15, -0.1) is 6.58 Å². The molecule has 15 heavy (non-hydrogen) atoms. The summed E-state index contributed by atoms with van der Waals surface area (Å²) in [6.07, 6.45) is 1.35. The Bertz CT molecular complexity index is 423. The summed E-state index contributed by atoms with van der Waals surface area (Å²) in [5.74, 6) is -0.0826. The lowest BCUT2D eigenvalue weighted by Gasteiger charge is -2.06. The summed E-state index contributed by atoms with van der Waals surface area (Å²) in [4.78, 5) is 0. The molecule has 0 fully saturated rings. The molecule has 82 valence electrons. The largest absolute Gasteiger partial charge is 0.388 e. The van der Waals surface area contributed by atoms with Crippen LogP contribution in [0.2, 0.25) is 0 Å². The molecule has 0 heterocycles. The van der Waals surface area contributed by atoms with Gasteiger partial charge in [-0.25, -0.2) is 8.42 Å². The molecule has 2 N–H and O–H groups in total. The molecule has 0 aliphatic rings. The topological polar surface area (TPSA) is 58.2 Å². The molecule has 0 spiro atoms. The fraction of sp³-hybridized carbons (Fsp3) is 0.200. The van der Waals surface area contributed by atoms with Crippen molar-refractivity contribution in [2.24, 2.45) is 0 Å². The van der Waals surface area contributed by atoms with Crippen molar-refractivity contribution in [2.75, 3.05) is 22.8 Å². The van der Waals surface area contributed by atoms with Gasteiger partial charge in [-0.3, -0.25) is 4.72 Å². The van der Waals surface area contributed by atoms with Crippen LogP contribution in [-0.2, 0) is 10.0 Å². The number of hydrogen-bond acceptors (Lipinski definition) is 3. The van der Waals surface area contributed by atoms with Crippen LogP contribution in [0.1, 0.15) is 0 Å². The van der Waals surface area contributed by atoms with Crippen molar-refractivity contribution in [3.8, 4) is 0 Å². The lowest BCUT2D eigenvalue weighted by molar-refractivity contribution is 0.604. The van der Waals surface area contributed by atoms with E-state index in [2.05, 4.69) is 16.6 Å². The fourth-order valence-electron chi connectivity index (χ4n) is 1.08. The molecule has 0 aliphatic carbocycles. The Hall–Kier alpha value is -1.49. The van der Waals surface area contributed by atoms with Gasteiger partial charge in [0.2, 0.25) is 10.0 Å². The quantitative estimate of drug-likeness (QED) is 0.751. The van der Waals surface area contributed by atoms with Gasteiger partial charge in [-0.2, -0.15) is 0 Å². The van der Waals surface area contributed by atoms with E-state index in [9.17, 15) is 8.42 Å². The third kappa shape index (κ3) is 3.63. The molecule has 4 nitrogen and oxygen atoms in total. The third-order valence-electron chi connectivity index (χ3n) is 1.78. The Labute approximate surface area is 90.1 Å². The van der Waals surface area contributed by atoms with E-state index in [1.165, 1.54) is 6.08 Å². The van der Waals surface area contributed by atoms with Crippen LogP contribution < -0.4 is 10.0 Å². The molecular formula is C10H14N2O2S. The Balaban J connectivity index is 2.77. The molecular weight excluding hydrogens is 212 g/mol. The smallest absolute Gasteiger partial charge is 0.236 e. The molecule has 1 aromatic carbocycles. The second-order valence-electron chi connectivity index (χ2n) is 3.00. The number of anilines is 2.